The summed E-state index contributed by atoms with van der Waals surface area (Å²) in [5.74, 6) is 1.69. The molecule has 0 heterocycles. The van der Waals surface area contributed by atoms with Crippen molar-refractivity contribution in [3.05, 3.63) is 35.9 Å². The summed E-state index contributed by atoms with van der Waals surface area (Å²) in [6.07, 6.45) is 6.61. The monoisotopic (exact) mass is 229 g/mol. The second kappa shape index (κ2) is 4.13. The van der Waals surface area contributed by atoms with Gasteiger partial charge in [0.05, 0.1) is 0 Å². The van der Waals surface area contributed by atoms with E-state index in [-0.39, 0.29) is 0 Å². The van der Waals surface area contributed by atoms with Crippen molar-refractivity contribution in [3.63, 3.8) is 0 Å². The van der Waals surface area contributed by atoms with Gasteiger partial charge in [-0.3, -0.25) is 0 Å². The van der Waals surface area contributed by atoms with E-state index in [0.29, 0.717) is 11.5 Å². The Hall–Kier alpha value is -0.820. The summed E-state index contributed by atoms with van der Waals surface area (Å²) in [7, 11) is 0. The van der Waals surface area contributed by atoms with E-state index in [2.05, 4.69) is 37.3 Å². The molecule has 0 amide bonds. The Labute approximate surface area is 104 Å². The maximum atomic E-state index is 6.56. The van der Waals surface area contributed by atoms with E-state index in [4.69, 9.17) is 5.73 Å². The van der Waals surface area contributed by atoms with Crippen LogP contribution in [0.1, 0.15) is 38.2 Å². The normalized spacial score (nSPS) is 39.8. The summed E-state index contributed by atoms with van der Waals surface area (Å²) in [6, 6.07) is 11.4. The topological polar surface area (TPSA) is 26.0 Å². The Morgan fingerprint density at radius 3 is 2.59 bits per heavy atom. The number of hydrogen-bond acceptors (Lipinski definition) is 1. The van der Waals surface area contributed by atoms with Crippen molar-refractivity contribution in [2.75, 3.05) is 0 Å². The third-order valence-corrected chi connectivity index (χ3v) is 5.49. The molecule has 0 saturated heterocycles. The molecular weight excluding hydrogens is 206 g/mol. The molecule has 1 aromatic carbocycles. The largest absolute Gasteiger partial charge is 0.327 e. The van der Waals surface area contributed by atoms with Crippen LogP contribution in [0.15, 0.2) is 30.3 Å². The lowest BCUT2D eigenvalue weighted by molar-refractivity contribution is 0.124. The highest BCUT2D eigenvalue weighted by Crippen LogP contribution is 2.58. The molecule has 2 aliphatic rings. The average Bonchev–Trinajstić information content (AvgIpc) is 2.94. The second-order valence-electron chi connectivity index (χ2n) is 6.04. The van der Waals surface area contributed by atoms with E-state index in [0.717, 1.165) is 11.8 Å². The molecule has 2 bridgehead atoms. The smallest absolute Gasteiger partial charge is 0.0130 e. The van der Waals surface area contributed by atoms with Gasteiger partial charge in [0.25, 0.3) is 0 Å². The maximum Gasteiger partial charge on any atom is 0.0130 e. The molecule has 2 saturated carbocycles. The summed E-state index contributed by atoms with van der Waals surface area (Å²) in [6.45, 7) is 2.34. The van der Waals surface area contributed by atoms with Crippen molar-refractivity contribution in [2.24, 2.45) is 23.0 Å². The van der Waals surface area contributed by atoms with Gasteiger partial charge >= 0.3 is 0 Å². The highest BCUT2D eigenvalue weighted by Gasteiger charge is 2.55. The van der Waals surface area contributed by atoms with Gasteiger partial charge in [-0.2, -0.15) is 0 Å². The lowest BCUT2D eigenvalue weighted by Crippen LogP contribution is -2.47. The fraction of sp³-hybridized carbons (Fsp3) is 0.625. The van der Waals surface area contributed by atoms with Gasteiger partial charge in [0, 0.05) is 6.04 Å². The van der Waals surface area contributed by atoms with E-state index in [1.165, 1.54) is 37.7 Å². The van der Waals surface area contributed by atoms with Crippen LogP contribution in [0.5, 0.6) is 0 Å². The van der Waals surface area contributed by atoms with E-state index < -0.39 is 0 Å². The fourth-order valence-electron chi connectivity index (χ4n) is 4.49. The molecule has 1 aromatic rings. The molecule has 0 radical (unpaired) electrons. The molecule has 2 fully saturated rings. The van der Waals surface area contributed by atoms with E-state index in [1.807, 2.05) is 0 Å². The van der Waals surface area contributed by atoms with Crippen molar-refractivity contribution in [3.8, 4) is 0 Å². The molecule has 2 N–H and O–H groups in total. The molecule has 3 rings (SSSR count). The number of nitrogens with two attached hydrogens (primary N) is 1. The zero-order valence-electron chi connectivity index (χ0n) is 10.7. The second-order valence-corrected chi connectivity index (χ2v) is 6.04. The first-order valence-electron chi connectivity index (χ1n) is 7.06. The predicted octanol–water partition coefficient (Wildman–Crippen LogP) is 3.38. The maximum absolute atomic E-state index is 6.56. The Morgan fingerprint density at radius 2 is 2.00 bits per heavy atom. The number of fused-ring (bicyclic) bond motifs is 2. The van der Waals surface area contributed by atoms with E-state index >= 15 is 0 Å². The third kappa shape index (κ3) is 1.63. The first-order valence-corrected chi connectivity index (χ1v) is 7.06. The molecule has 17 heavy (non-hydrogen) atoms. The molecule has 0 unspecified atom stereocenters. The summed E-state index contributed by atoms with van der Waals surface area (Å²) in [5.41, 5.74) is 8.42. The predicted molar refractivity (Wildman–Crippen MR) is 71.7 cm³/mol. The summed E-state index contributed by atoms with van der Waals surface area (Å²) >= 11 is 0. The van der Waals surface area contributed by atoms with Gasteiger partial charge in [-0.15, -0.1) is 0 Å². The van der Waals surface area contributed by atoms with Gasteiger partial charge in [-0.05, 0) is 54.9 Å². The quantitative estimate of drug-likeness (QED) is 0.845. The van der Waals surface area contributed by atoms with Gasteiger partial charge in [-0.25, -0.2) is 0 Å². The van der Waals surface area contributed by atoms with Gasteiger partial charge in [0.2, 0.25) is 0 Å². The summed E-state index contributed by atoms with van der Waals surface area (Å²) < 4.78 is 0. The zero-order valence-corrected chi connectivity index (χ0v) is 10.7. The van der Waals surface area contributed by atoms with Crippen LogP contribution in [0.2, 0.25) is 0 Å². The minimum Gasteiger partial charge on any atom is -0.327 e. The Balaban J connectivity index is 1.88. The average molecular weight is 229 g/mol. The first-order chi connectivity index (χ1) is 8.26. The van der Waals surface area contributed by atoms with Crippen LogP contribution in [0.4, 0.5) is 0 Å². The summed E-state index contributed by atoms with van der Waals surface area (Å²) in [5, 5.41) is 0. The van der Waals surface area contributed by atoms with Crippen LogP contribution >= 0.6 is 0 Å². The van der Waals surface area contributed by atoms with Gasteiger partial charge in [-0.1, -0.05) is 37.3 Å². The van der Waals surface area contributed by atoms with Crippen LogP contribution in [-0.4, -0.2) is 6.04 Å². The van der Waals surface area contributed by atoms with Crippen molar-refractivity contribution in [1.82, 2.24) is 0 Å². The Morgan fingerprint density at radius 1 is 1.24 bits per heavy atom. The van der Waals surface area contributed by atoms with Crippen molar-refractivity contribution < 1.29 is 0 Å². The molecular formula is C16H23N. The van der Waals surface area contributed by atoms with Crippen LogP contribution in [0.25, 0.3) is 0 Å². The van der Waals surface area contributed by atoms with Crippen molar-refractivity contribution >= 4 is 0 Å². The minimum absolute atomic E-state index is 0.393. The van der Waals surface area contributed by atoms with Crippen LogP contribution in [0.3, 0.4) is 0 Å². The van der Waals surface area contributed by atoms with Crippen molar-refractivity contribution in [1.29, 1.82) is 0 Å². The summed E-state index contributed by atoms with van der Waals surface area (Å²) in [4.78, 5) is 0. The van der Waals surface area contributed by atoms with Gasteiger partial charge in [0.15, 0.2) is 0 Å². The number of rotatable bonds is 3. The van der Waals surface area contributed by atoms with E-state index in [9.17, 15) is 0 Å². The third-order valence-electron chi connectivity index (χ3n) is 5.49. The van der Waals surface area contributed by atoms with Crippen LogP contribution < -0.4 is 5.73 Å². The first kappa shape index (κ1) is 11.3. The van der Waals surface area contributed by atoms with E-state index in [1.54, 1.807) is 0 Å². The Kier molecular flexibility index (Phi) is 2.74. The standard InChI is InChI=1S/C16H23N/c1-2-16(11-12-6-4-3-5-7-12)14-9-8-13(10-14)15(16)17/h3-7,13-15H,2,8-11,17H2,1H3/t13-,14+,15-,16+/m1/s1. The molecule has 0 spiro atoms. The van der Waals surface area contributed by atoms with Gasteiger partial charge < -0.3 is 5.73 Å². The molecule has 0 aromatic heterocycles. The Bertz CT molecular complexity index is 382. The molecule has 92 valence electrons. The molecule has 1 heteroatoms. The van der Waals surface area contributed by atoms with Crippen LogP contribution in [-0.2, 0) is 6.42 Å². The molecule has 4 atom stereocenters. The molecule has 1 nitrogen and oxygen atoms in total. The SMILES string of the molecule is CC[C@]1(Cc2ccccc2)[C@H]2CC[C@H](C2)[C@H]1N. The molecule has 2 aliphatic carbocycles. The molecule has 0 aliphatic heterocycles. The lowest BCUT2D eigenvalue weighted by Gasteiger charge is -2.42. The fourth-order valence-corrected chi connectivity index (χ4v) is 4.49. The minimum atomic E-state index is 0.393. The highest BCUT2D eigenvalue weighted by atomic mass is 14.8. The zero-order chi connectivity index (χ0) is 11.9. The lowest BCUT2D eigenvalue weighted by atomic mass is 9.65. The number of hydrogen-bond donors (Lipinski definition) is 1. The highest BCUT2D eigenvalue weighted by molar-refractivity contribution is 5.20. The van der Waals surface area contributed by atoms with Gasteiger partial charge in [0.1, 0.15) is 0 Å². The van der Waals surface area contributed by atoms with Crippen LogP contribution in [0, 0.1) is 17.3 Å². The number of benzene rings is 1. The van der Waals surface area contributed by atoms with Crippen molar-refractivity contribution in [2.45, 2.75) is 45.1 Å².